The number of rotatable bonds is 5. The summed E-state index contributed by atoms with van der Waals surface area (Å²) in [5.74, 6) is -0.499. The minimum absolute atomic E-state index is 0.00385. The van der Waals surface area contributed by atoms with E-state index in [-0.39, 0.29) is 29.7 Å². The van der Waals surface area contributed by atoms with Crippen LogP contribution in [0, 0.1) is 11.7 Å². The summed E-state index contributed by atoms with van der Waals surface area (Å²) >= 11 is 0. The molecule has 0 saturated carbocycles. The van der Waals surface area contributed by atoms with Gasteiger partial charge >= 0.3 is 0 Å². The first-order chi connectivity index (χ1) is 8.40. The van der Waals surface area contributed by atoms with Gasteiger partial charge in [-0.2, -0.15) is 0 Å². The first-order valence-corrected chi connectivity index (χ1v) is 6.20. The number of nitrogens with two attached hydrogens (primary N) is 1. The monoisotopic (exact) mass is 252 g/mol. The van der Waals surface area contributed by atoms with Gasteiger partial charge in [0, 0.05) is 18.0 Å². The van der Waals surface area contributed by atoms with Gasteiger partial charge in [-0.25, -0.2) is 4.39 Å². The van der Waals surface area contributed by atoms with E-state index in [0.717, 1.165) is 5.56 Å². The van der Waals surface area contributed by atoms with Crippen LogP contribution in [0.1, 0.15) is 26.3 Å². The van der Waals surface area contributed by atoms with Crippen LogP contribution in [-0.2, 0) is 11.2 Å². The van der Waals surface area contributed by atoms with Gasteiger partial charge in [-0.3, -0.25) is 4.79 Å². The van der Waals surface area contributed by atoms with Gasteiger partial charge in [0.15, 0.2) is 0 Å². The molecule has 0 aliphatic rings. The zero-order chi connectivity index (χ0) is 13.7. The molecule has 3 atom stereocenters. The Morgan fingerprint density at radius 2 is 1.83 bits per heavy atom. The Labute approximate surface area is 108 Å². The molecule has 3 nitrogen and oxygen atoms in total. The Morgan fingerprint density at radius 1 is 1.28 bits per heavy atom. The van der Waals surface area contributed by atoms with Crippen LogP contribution in [0.5, 0.6) is 0 Å². The number of hydrogen-bond donors (Lipinski definition) is 2. The highest BCUT2D eigenvalue weighted by Gasteiger charge is 2.18. The Balaban J connectivity index is 2.49. The zero-order valence-corrected chi connectivity index (χ0v) is 11.1. The van der Waals surface area contributed by atoms with E-state index in [1.54, 1.807) is 12.1 Å². The lowest BCUT2D eigenvalue weighted by atomic mass is 10.0. The van der Waals surface area contributed by atoms with Crippen molar-refractivity contribution in [2.45, 2.75) is 39.3 Å². The molecular weight excluding hydrogens is 231 g/mol. The normalized spacial score (nSPS) is 15.8. The fourth-order valence-electron chi connectivity index (χ4n) is 1.64. The molecule has 0 bridgehead atoms. The van der Waals surface area contributed by atoms with Crippen LogP contribution in [0.2, 0.25) is 0 Å². The Hall–Kier alpha value is -1.42. The summed E-state index contributed by atoms with van der Waals surface area (Å²) in [6.45, 7) is 5.55. The van der Waals surface area contributed by atoms with Gasteiger partial charge in [0.1, 0.15) is 5.82 Å². The van der Waals surface area contributed by atoms with E-state index in [1.807, 2.05) is 20.8 Å². The third-order valence-electron chi connectivity index (χ3n) is 3.05. The summed E-state index contributed by atoms with van der Waals surface area (Å²) in [7, 11) is 0. The molecule has 0 radical (unpaired) electrons. The Morgan fingerprint density at radius 3 is 2.33 bits per heavy atom. The van der Waals surface area contributed by atoms with Gasteiger partial charge in [-0.05, 0) is 38.0 Å². The standard InChI is InChI=1S/C14H21FN2O/c1-9(17-14(18)10(2)11(3)16)8-12-4-6-13(15)7-5-12/h4-7,9-11H,8,16H2,1-3H3,(H,17,18). The number of amides is 1. The third-order valence-corrected chi connectivity index (χ3v) is 3.05. The topological polar surface area (TPSA) is 55.1 Å². The molecule has 3 unspecified atom stereocenters. The maximum atomic E-state index is 12.7. The maximum Gasteiger partial charge on any atom is 0.224 e. The van der Waals surface area contributed by atoms with E-state index in [1.165, 1.54) is 12.1 Å². The minimum atomic E-state index is -0.249. The molecular formula is C14H21FN2O. The molecule has 0 aliphatic heterocycles. The van der Waals surface area contributed by atoms with Gasteiger partial charge in [0.05, 0.1) is 0 Å². The first-order valence-electron chi connectivity index (χ1n) is 6.20. The largest absolute Gasteiger partial charge is 0.353 e. The Kier molecular flexibility index (Phi) is 5.28. The first kappa shape index (κ1) is 14.6. The second-order valence-electron chi connectivity index (χ2n) is 4.89. The molecule has 0 fully saturated rings. The van der Waals surface area contributed by atoms with E-state index >= 15 is 0 Å². The molecule has 18 heavy (non-hydrogen) atoms. The van der Waals surface area contributed by atoms with Crippen LogP contribution in [0.4, 0.5) is 4.39 Å². The predicted octanol–water partition coefficient (Wildman–Crippen LogP) is 1.86. The quantitative estimate of drug-likeness (QED) is 0.840. The van der Waals surface area contributed by atoms with E-state index in [9.17, 15) is 9.18 Å². The van der Waals surface area contributed by atoms with Crippen LogP contribution in [0.25, 0.3) is 0 Å². The van der Waals surface area contributed by atoms with E-state index in [2.05, 4.69) is 5.32 Å². The highest BCUT2D eigenvalue weighted by atomic mass is 19.1. The lowest BCUT2D eigenvalue weighted by molar-refractivity contribution is -0.125. The summed E-state index contributed by atoms with van der Waals surface area (Å²) in [6, 6.07) is 6.15. The van der Waals surface area contributed by atoms with Gasteiger partial charge in [0.2, 0.25) is 5.91 Å². The van der Waals surface area contributed by atoms with Crippen molar-refractivity contribution in [2.24, 2.45) is 11.7 Å². The van der Waals surface area contributed by atoms with Crippen LogP contribution < -0.4 is 11.1 Å². The molecule has 0 aromatic heterocycles. The maximum absolute atomic E-state index is 12.7. The van der Waals surface area contributed by atoms with Crippen molar-refractivity contribution < 1.29 is 9.18 Å². The number of hydrogen-bond acceptors (Lipinski definition) is 2. The molecule has 0 saturated heterocycles. The fraction of sp³-hybridized carbons (Fsp3) is 0.500. The van der Waals surface area contributed by atoms with E-state index in [0.29, 0.717) is 6.42 Å². The SMILES string of the molecule is CC(Cc1ccc(F)cc1)NC(=O)C(C)C(C)N. The van der Waals surface area contributed by atoms with Crippen LogP contribution in [-0.4, -0.2) is 18.0 Å². The smallest absolute Gasteiger partial charge is 0.224 e. The molecule has 100 valence electrons. The van der Waals surface area contributed by atoms with Crippen molar-refractivity contribution in [1.82, 2.24) is 5.32 Å². The average Bonchev–Trinajstić information content (AvgIpc) is 2.30. The molecule has 1 aromatic rings. The highest BCUT2D eigenvalue weighted by molar-refractivity contribution is 5.79. The minimum Gasteiger partial charge on any atom is -0.353 e. The van der Waals surface area contributed by atoms with Crippen molar-refractivity contribution in [2.75, 3.05) is 0 Å². The molecule has 0 spiro atoms. The van der Waals surface area contributed by atoms with E-state index < -0.39 is 0 Å². The lowest BCUT2D eigenvalue weighted by Gasteiger charge is -2.19. The molecule has 1 amide bonds. The number of carbonyl (C=O) groups is 1. The molecule has 0 aliphatic carbocycles. The molecule has 1 aromatic carbocycles. The zero-order valence-electron chi connectivity index (χ0n) is 11.1. The molecule has 4 heteroatoms. The van der Waals surface area contributed by atoms with E-state index in [4.69, 9.17) is 5.73 Å². The third kappa shape index (κ3) is 4.45. The molecule has 0 heterocycles. The van der Waals surface area contributed by atoms with Crippen molar-refractivity contribution in [3.05, 3.63) is 35.6 Å². The summed E-state index contributed by atoms with van der Waals surface area (Å²) < 4.78 is 12.7. The number of benzene rings is 1. The predicted molar refractivity (Wildman–Crippen MR) is 70.5 cm³/mol. The van der Waals surface area contributed by atoms with Crippen molar-refractivity contribution in [1.29, 1.82) is 0 Å². The lowest BCUT2D eigenvalue weighted by Crippen LogP contribution is -2.43. The number of nitrogens with one attached hydrogen (secondary N) is 1. The van der Waals surface area contributed by atoms with Crippen LogP contribution >= 0.6 is 0 Å². The van der Waals surface area contributed by atoms with Gasteiger partial charge in [0.25, 0.3) is 0 Å². The van der Waals surface area contributed by atoms with Crippen LogP contribution in [0.15, 0.2) is 24.3 Å². The van der Waals surface area contributed by atoms with Crippen molar-refractivity contribution >= 4 is 5.91 Å². The summed E-state index contributed by atoms with van der Waals surface area (Å²) in [5.41, 5.74) is 6.68. The highest BCUT2D eigenvalue weighted by Crippen LogP contribution is 2.07. The fourth-order valence-corrected chi connectivity index (χ4v) is 1.64. The van der Waals surface area contributed by atoms with Gasteiger partial charge < -0.3 is 11.1 Å². The van der Waals surface area contributed by atoms with Gasteiger partial charge in [-0.1, -0.05) is 19.1 Å². The summed E-state index contributed by atoms with van der Waals surface area (Å²) in [6.07, 6.45) is 0.678. The van der Waals surface area contributed by atoms with Gasteiger partial charge in [-0.15, -0.1) is 0 Å². The second kappa shape index (κ2) is 6.50. The summed E-state index contributed by atoms with van der Waals surface area (Å²) in [4.78, 5) is 11.8. The average molecular weight is 252 g/mol. The number of halogens is 1. The van der Waals surface area contributed by atoms with Crippen molar-refractivity contribution in [3.63, 3.8) is 0 Å². The Bertz CT molecular complexity index is 389. The van der Waals surface area contributed by atoms with Crippen molar-refractivity contribution in [3.8, 4) is 0 Å². The van der Waals surface area contributed by atoms with Crippen LogP contribution in [0.3, 0.4) is 0 Å². The molecule has 1 rings (SSSR count). The number of carbonyl (C=O) groups excluding carboxylic acids is 1. The summed E-state index contributed by atoms with van der Waals surface area (Å²) in [5, 5.41) is 2.91. The molecule has 3 N–H and O–H groups in total. The second-order valence-corrected chi connectivity index (χ2v) is 4.89.